The highest BCUT2D eigenvalue weighted by atomic mass is 16.6. The smallest absolute Gasteiger partial charge is 0.132 e. The Morgan fingerprint density at radius 2 is 2.00 bits per heavy atom. The zero-order chi connectivity index (χ0) is 19.3. The van der Waals surface area contributed by atoms with Crippen molar-refractivity contribution >= 4 is 0 Å². The summed E-state index contributed by atoms with van der Waals surface area (Å²) in [5, 5.41) is 20.5. The van der Waals surface area contributed by atoms with Crippen molar-refractivity contribution < 1.29 is 14.6 Å². The number of nitrogens with zero attached hydrogens (tertiary/aromatic N) is 1. The molecule has 1 spiro atoms. The first-order chi connectivity index (χ1) is 12.9. The Morgan fingerprint density at radius 3 is 2.67 bits per heavy atom. The molecule has 2 bridgehead atoms. The second-order valence-corrected chi connectivity index (χ2v) is 9.02. The van der Waals surface area contributed by atoms with Gasteiger partial charge in [-0.25, -0.2) is 0 Å². The summed E-state index contributed by atoms with van der Waals surface area (Å²) in [6.07, 6.45) is 5.54. The Kier molecular flexibility index (Phi) is 4.46. The molecule has 1 aromatic carbocycles. The van der Waals surface area contributed by atoms with Gasteiger partial charge in [-0.05, 0) is 37.2 Å². The van der Waals surface area contributed by atoms with Crippen molar-refractivity contribution in [3.8, 4) is 6.07 Å². The highest BCUT2D eigenvalue weighted by Gasteiger charge is 2.73. The van der Waals surface area contributed by atoms with E-state index in [1.165, 1.54) is 0 Å². The Hall–Kier alpha value is -1.67. The van der Waals surface area contributed by atoms with Gasteiger partial charge in [-0.3, -0.25) is 0 Å². The zero-order valence-corrected chi connectivity index (χ0v) is 16.4. The topological polar surface area (TPSA) is 62.5 Å². The summed E-state index contributed by atoms with van der Waals surface area (Å²) in [5.41, 5.74) is -1.01. The summed E-state index contributed by atoms with van der Waals surface area (Å²) in [7, 11) is 0. The van der Waals surface area contributed by atoms with Gasteiger partial charge in [-0.2, -0.15) is 5.26 Å². The van der Waals surface area contributed by atoms with Crippen molar-refractivity contribution in [2.24, 2.45) is 23.2 Å². The molecule has 144 valence electrons. The third-order valence-corrected chi connectivity index (χ3v) is 7.03. The van der Waals surface area contributed by atoms with Crippen LogP contribution in [0.4, 0.5) is 0 Å². The fourth-order valence-corrected chi connectivity index (χ4v) is 5.97. The van der Waals surface area contributed by atoms with E-state index in [4.69, 9.17) is 9.47 Å². The first-order valence-electron chi connectivity index (χ1n) is 9.97. The number of aliphatic hydroxyl groups is 1. The monoisotopic (exact) mass is 367 g/mol. The third-order valence-electron chi connectivity index (χ3n) is 7.03. The van der Waals surface area contributed by atoms with Crippen LogP contribution < -0.4 is 0 Å². The van der Waals surface area contributed by atoms with Crippen LogP contribution in [0, 0.1) is 34.5 Å². The maximum atomic E-state index is 10.3. The molecule has 1 N–H and O–H groups in total. The molecular weight excluding hydrogens is 338 g/mol. The van der Waals surface area contributed by atoms with Gasteiger partial charge >= 0.3 is 0 Å². The number of aliphatic hydroxyl groups excluding tert-OH is 1. The molecule has 7 atom stereocenters. The second kappa shape index (κ2) is 6.44. The number of ether oxygens (including phenoxy) is 2. The van der Waals surface area contributed by atoms with E-state index in [-0.39, 0.29) is 24.5 Å². The lowest BCUT2D eigenvalue weighted by atomic mass is 9.52. The van der Waals surface area contributed by atoms with E-state index >= 15 is 0 Å². The second-order valence-electron chi connectivity index (χ2n) is 9.02. The zero-order valence-electron chi connectivity index (χ0n) is 16.4. The maximum Gasteiger partial charge on any atom is 0.132 e. The van der Waals surface area contributed by atoms with Gasteiger partial charge in [-0.15, -0.1) is 0 Å². The fourth-order valence-electron chi connectivity index (χ4n) is 5.97. The minimum absolute atomic E-state index is 0.0470. The van der Waals surface area contributed by atoms with Crippen LogP contribution in [0.2, 0.25) is 0 Å². The van der Waals surface area contributed by atoms with E-state index in [1.807, 2.05) is 37.3 Å². The minimum Gasteiger partial charge on any atom is -0.393 e. The van der Waals surface area contributed by atoms with Gasteiger partial charge in [0.1, 0.15) is 5.60 Å². The van der Waals surface area contributed by atoms with Crippen LogP contribution in [0.15, 0.2) is 42.5 Å². The number of hydrogen-bond donors (Lipinski definition) is 1. The average molecular weight is 367 g/mol. The number of allylic oxidation sites excluding steroid dienone is 1. The van der Waals surface area contributed by atoms with E-state index in [1.54, 1.807) is 0 Å². The highest BCUT2D eigenvalue weighted by Crippen LogP contribution is 2.65. The Labute approximate surface area is 161 Å². The Balaban J connectivity index is 1.78. The molecule has 4 nitrogen and oxygen atoms in total. The fraction of sp³-hybridized carbons (Fsp3) is 0.609. The largest absolute Gasteiger partial charge is 0.393 e. The molecule has 3 aliphatic rings. The first kappa shape index (κ1) is 18.7. The van der Waals surface area contributed by atoms with E-state index in [0.717, 1.165) is 18.4 Å². The molecule has 1 aliphatic heterocycles. The van der Waals surface area contributed by atoms with Crippen LogP contribution in [0.1, 0.15) is 39.2 Å². The summed E-state index contributed by atoms with van der Waals surface area (Å²) in [6, 6.07) is 12.8. The normalized spacial score (nSPS) is 45.3. The quantitative estimate of drug-likeness (QED) is 0.821. The number of nitriles is 1. The number of hydrogen-bond acceptors (Lipinski definition) is 4. The van der Waals surface area contributed by atoms with E-state index in [0.29, 0.717) is 12.5 Å². The molecule has 1 saturated carbocycles. The first-order valence-corrected chi connectivity index (χ1v) is 9.97. The molecule has 1 aromatic rings. The van der Waals surface area contributed by atoms with Crippen LogP contribution >= 0.6 is 0 Å². The average Bonchev–Trinajstić information content (AvgIpc) is 2.89. The number of fused-ring (bicyclic) bond motifs is 1. The Morgan fingerprint density at radius 1 is 1.26 bits per heavy atom. The van der Waals surface area contributed by atoms with Crippen LogP contribution in [0.5, 0.6) is 0 Å². The summed E-state index contributed by atoms with van der Waals surface area (Å²) in [4.78, 5) is 0. The van der Waals surface area contributed by atoms with E-state index < -0.39 is 16.6 Å². The summed E-state index contributed by atoms with van der Waals surface area (Å²) < 4.78 is 13.2. The molecule has 27 heavy (non-hydrogen) atoms. The molecule has 0 aromatic heterocycles. The minimum atomic E-state index is -0.794. The summed E-state index contributed by atoms with van der Waals surface area (Å²) >= 11 is 0. The van der Waals surface area contributed by atoms with Crippen LogP contribution in [-0.4, -0.2) is 29.0 Å². The van der Waals surface area contributed by atoms with Crippen molar-refractivity contribution in [1.82, 2.24) is 0 Å². The Bertz CT molecular complexity index is 772. The summed E-state index contributed by atoms with van der Waals surface area (Å²) in [5.74, 6) is 0.612. The molecule has 2 fully saturated rings. The molecule has 4 heteroatoms. The molecule has 0 unspecified atom stereocenters. The van der Waals surface area contributed by atoms with Crippen LogP contribution in [-0.2, 0) is 16.1 Å². The maximum absolute atomic E-state index is 10.3. The van der Waals surface area contributed by atoms with Gasteiger partial charge < -0.3 is 14.6 Å². The molecule has 0 radical (unpaired) electrons. The summed E-state index contributed by atoms with van der Waals surface area (Å²) in [6.45, 7) is 6.71. The SMILES string of the molecule is C[C@H]1C=C[C@@]23O[C@@](C)(CO)[C@@H]([C@H]2OCc2ccccc2)[C@@H](C)C[C@]3(C#N)C1. The third kappa shape index (κ3) is 2.60. The molecule has 1 heterocycles. The predicted octanol–water partition coefficient (Wildman–Crippen LogP) is 3.85. The van der Waals surface area contributed by atoms with Gasteiger partial charge in [0.2, 0.25) is 0 Å². The van der Waals surface area contributed by atoms with Crippen molar-refractivity contribution in [2.75, 3.05) is 6.61 Å². The predicted molar refractivity (Wildman–Crippen MR) is 103 cm³/mol. The van der Waals surface area contributed by atoms with Gasteiger partial charge in [-0.1, -0.05) is 56.3 Å². The number of rotatable bonds is 4. The van der Waals surface area contributed by atoms with Crippen molar-refractivity contribution in [3.05, 3.63) is 48.0 Å². The lowest BCUT2D eigenvalue weighted by Crippen LogP contribution is -2.61. The van der Waals surface area contributed by atoms with Crippen molar-refractivity contribution in [1.29, 1.82) is 5.26 Å². The molecular formula is C23H29NO3. The number of benzene rings is 1. The highest BCUT2D eigenvalue weighted by molar-refractivity contribution is 5.35. The van der Waals surface area contributed by atoms with Gasteiger partial charge in [0.05, 0.1) is 36.4 Å². The molecule has 0 amide bonds. The van der Waals surface area contributed by atoms with E-state index in [2.05, 4.69) is 32.1 Å². The molecule has 1 saturated heterocycles. The van der Waals surface area contributed by atoms with Crippen molar-refractivity contribution in [3.63, 3.8) is 0 Å². The molecule has 4 rings (SSSR count). The molecule has 2 aliphatic carbocycles. The van der Waals surface area contributed by atoms with Gasteiger partial charge in [0.25, 0.3) is 0 Å². The lowest BCUT2D eigenvalue weighted by Gasteiger charge is -2.53. The van der Waals surface area contributed by atoms with Gasteiger partial charge in [0.15, 0.2) is 0 Å². The standard InChI is InChI=1S/C23H29NO3/c1-16-9-10-23-20(26-13-18-7-5-4-6-8-18)19(21(3,15-25)27-23)17(2)12-22(23,11-16)14-24/h4-10,16-17,19-20,25H,11-13,15H2,1-3H3/t16-,17-,19+,20+,21-,22-,23+/m0/s1. The van der Waals surface area contributed by atoms with E-state index in [9.17, 15) is 10.4 Å². The van der Waals surface area contributed by atoms with Crippen LogP contribution in [0.25, 0.3) is 0 Å². The van der Waals surface area contributed by atoms with Crippen LogP contribution in [0.3, 0.4) is 0 Å². The van der Waals surface area contributed by atoms with Crippen molar-refractivity contribution in [2.45, 2.75) is 57.5 Å². The van der Waals surface area contributed by atoms with Gasteiger partial charge in [0, 0.05) is 5.92 Å². The lowest BCUT2D eigenvalue weighted by molar-refractivity contribution is -0.172.